The summed E-state index contributed by atoms with van der Waals surface area (Å²) in [7, 11) is 2.33. The van der Waals surface area contributed by atoms with Gasteiger partial charge in [-0.25, -0.2) is 0 Å². The van der Waals surface area contributed by atoms with Crippen LogP contribution < -0.4 is 0 Å². The first kappa shape index (κ1) is 24.4. The number of allylic oxidation sites excluding steroid dienone is 2. The van der Waals surface area contributed by atoms with Gasteiger partial charge in [-0.3, -0.25) is 0 Å². The Labute approximate surface area is 171 Å². The zero-order valence-electron chi connectivity index (χ0n) is 19.6. The molecule has 2 nitrogen and oxygen atoms in total. The van der Waals surface area contributed by atoms with Crippen LogP contribution in [-0.2, 0) is 0 Å². The van der Waals surface area contributed by atoms with Gasteiger partial charge in [0.15, 0.2) is 0 Å². The van der Waals surface area contributed by atoms with Crippen LogP contribution in [0.1, 0.15) is 73.6 Å². The van der Waals surface area contributed by atoms with Gasteiger partial charge in [0.2, 0.25) is 0 Å². The molecule has 0 radical (unpaired) electrons. The van der Waals surface area contributed by atoms with Crippen molar-refractivity contribution in [2.45, 2.75) is 79.7 Å². The predicted octanol–water partition coefficient (Wildman–Crippen LogP) is 6.25. The van der Waals surface area contributed by atoms with Crippen LogP contribution in [0, 0.1) is 23.7 Å². The van der Waals surface area contributed by atoms with Gasteiger partial charge < -0.3 is 9.80 Å². The Hall–Kier alpha value is -0.600. The Balaban J connectivity index is 2.52. The lowest BCUT2D eigenvalue weighted by Crippen LogP contribution is -2.34. The second-order valence-electron chi connectivity index (χ2n) is 9.94. The summed E-state index contributed by atoms with van der Waals surface area (Å²) in [5.41, 5.74) is 2.72. The molecule has 0 amide bonds. The van der Waals surface area contributed by atoms with E-state index in [4.69, 9.17) is 0 Å². The minimum Gasteiger partial charge on any atom is -0.306 e. The van der Waals surface area contributed by atoms with Crippen LogP contribution >= 0.6 is 0 Å². The number of rotatable bonds is 13. The lowest BCUT2D eigenvalue weighted by Gasteiger charge is -2.31. The fourth-order valence-electron chi connectivity index (χ4n) is 4.64. The minimum atomic E-state index is 0.644. The maximum atomic E-state index is 4.46. The van der Waals surface area contributed by atoms with E-state index >= 15 is 0 Å². The molecule has 2 heteroatoms. The van der Waals surface area contributed by atoms with Crippen LogP contribution in [0.2, 0.25) is 0 Å². The Morgan fingerprint density at radius 3 is 2.30 bits per heavy atom. The van der Waals surface area contributed by atoms with Crippen molar-refractivity contribution >= 4 is 0 Å². The fraction of sp³-hybridized carbons (Fsp3) is 0.840. The summed E-state index contributed by atoms with van der Waals surface area (Å²) in [5, 5.41) is 0. The highest BCUT2D eigenvalue weighted by atomic mass is 15.2. The molecule has 1 saturated heterocycles. The van der Waals surface area contributed by atoms with E-state index in [0.29, 0.717) is 17.9 Å². The number of hydrogen-bond donors (Lipinski definition) is 0. The van der Waals surface area contributed by atoms with E-state index in [9.17, 15) is 0 Å². The van der Waals surface area contributed by atoms with Gasteiger partial charge in [0.1, 0.15) is 0 Å². The van der Waals surface area contributed by atoms with E-state index < -0.39 is 0 Å². The van der Waals surface area contributed by atoms with Crippen molar-refractivity contribution in [1.82, 2.24) is 9.80 Å². The molecule has 1 aliphatic rings. The average molecular weight is 377 g/mol. The van der Waals surface area contributed by atoms with Gasteiger partial charge in [0.05, 0.1) is 0 Å². The molecule has 0 spiro atoms. The Morgan fingerprint density at radius 2 is 1.81 bits per heavy atom. The molecule has 0 N–H and O–H groups in total. The van der Waals surface area contributed by atoms with Gasteiger partial charge in [-0.1, -0.05) is 44.9 Å². The molecule has 1 fully saturated rings. The summed E-state index contributed by atoms with van der Waals surface area (Å²) in [6.07, 6.45) is 6.12. The van der Waals surface area contributed by atoms with E-state index in [0.717, 1.165) is 24.7 Å². The molecule has 1 heterocycles. The third-order valence-electron chi connectivity index (χ3n) is 6.55. The molecule has 27 heavy (non-hydrogen) atoms. The topological polar surface area (TPSA) is 6.48 Å². The van der Waals surface area contributed by atoms with Crippen molar-refractivity contribution in [3.63, 3.8) is 0 Å². The lowest BCUT2D eigenvalue weighted by molar-refractivity contribution is 0.200. The third kappa shape index (κ3) is 8.96. The van der Waals surface area contributed by atoms with Gasteiger partial charge >= 0.3 is 0 Å². The van der Waals surface area contributed by atoms with Crippen LogP contribution in [0.3, 0.4) is 0 Å². The second kappa shape index (κ2) is 12.1. The first-order valence-corrected chi connectivity index (χ1v) is 11.4. The first-order valence-electron chi connectivity index (χ1n) is 11.4. The molecule has 1 rings (SSSR count). The smallest absolute Gasteiger partial charge is 0.00387 e. The summed E-state index contributed by atoms with van der Waals surface area (Å²) >= 11 is 0. The van der Waals surface area contributed by atoms with Crippen molar-refractivity contribution in [2.75, 3.05) is 33.2 Å². The summed E-state index contributed by atoms with van der Waals surface area (Å²) in [6, 6.07) is 0.695. The van der Waals surface area contributed by atoms with E-state index in [1.54, 1.807) is 0 Å². The van der Waals surface area contributed by atoms with Crippen molar-refractivity contribution in [2.24, 2.45) is 23.7 Å². The fourth-order valence-corrected chi connectivity index (χ4v) is 4.64. The van der Waals surface area contributed by atoms with Gasteiger partial charge in [0.25, 0.3) is 0 Å². The van der Waals surface area contributed by atoms with Crippen LogP contribution in [0.15, 0.2) is 24.3 Å². The molecule has 158 valence electrons. The molecule has 0 aliphatic carbocycles. The Morgan fingerprint density at radius 1 is 1.15 bits per heavy atom. The van der Waals surface area contributed by atoms with E-state index in [1.807, 2.05) is 0 Å². The monoisotopic (exact) mass is 376 g/mol. The predicted molar refractivity (Wildman–Crippen MR) is 122 cm³/mol. The molecule has 3 unspecified atom stereocenters. The van der Waals surface area contributed by atoms with Crippen molar-refractivity contribution in [3.05, 3.63) is 24.3 Å². The van der Waals surface area contributed by atoms with Gasteiger partial charge in [0, 0.05) is 25.7 Å². The van der Waals surface area contributed by atoms with E-state index in [2.05, 4.69) is 71.5 Å². The highest BCUT2D eigenvalue weighted by Gasteiger charge is 2.26. The van der Waals surface area contributed by atoms with Crippen molar-refractivity contribution in [1.29, 1.82) is 0 Å². The second-order valence-corrected chi connectivity index (χ2v) is 9.94. The van der Waals surface area contributed by atoms with E-state index in [1.165, 1.54) is 56.6 Å². The van der Waals surface area contributed by atoms with Crippen LogP contribution in [0.4, 0.5) is 0 Å². The quantitative estimate of drug-likeness (QED) is 0.351. The Bertz CT molecular complexity index is 451. The summed E-state index contributed by atoms with van der Waals surface area (Å²) in [5.74, 6) is 2.94. The lowest BCUT2D eigenvalue weighted by atomic mass is 9.79. The molecule has 0 saturated carbocycles. The highest BCUT2D eigenvalue weighted by Crippen LogP contribution is 2.31. The molecule has 0 aromatic heterocycles. The normalized spacial score (nSPS) is 20.6. The largest absolute Gasteiger partial charge is 0.306 e. The number of nitrogens with zero attached hydrogens (tertiary/aromatic N) is 2. The number of hydrogen-bond acceptors (Lipinski definition) is 2. The van der Waals surface area contributed by atoms with Crippen molar-refractivity contribution < 1.29 is 0 Å². The van der Waals surface area contributed by atoms with E-state index in [-0.39, 0.29) is 0 Å². The molecule has 0 aromatic carbocycles. The maximum absolute atomic E-state index is 4.46. The average Bonchev–Trinajstić information content (AvgIpc) is 3.04. The standard InChI is InChI=1S/C25H48N2/c1-10-23(15-25(20(4)5)22(8)12-11-19(2)3)16-26(9)17-24-13-14-27(18-24)21(6)7/h20-21,23-25H,2,8,10-18H2,1,3-7,9H3. The van der Waals surface area contributed by atoms with Gasteiger partial charge in [-0.2, -0.15) is 0 Å². The molecule has 3 atom stereocenters. The first-order chi connectivity index (χ1) is 12.6. The zero-order valence-corrected chi connectivity index (χ0v) is 19.6. The highest BCUT2D eigenvalue weighted by molar-refractivity contribution is 5.06. The zero-order chi connectivity index (χ0) is 20.6. The third-order valence-corrected chi connectivity index (χ3v) is 6.55. The Kier molecular flexibility index (Phi) is 10.9. The SMILES string of the molecule is C=C(C)CCC(=C)C(CC(CC)CN(C)CC1CCN(C(C)C)C1)C(C)C. The molecule has 1 aliphatic heterocycles. The molecular weight excluding hydrogens is 328 g/mol. The minimum absolute atomic E-state index is 0.644. The number of likely N-dealkylation sites (tertiary alicyclic amines) is 1. The van der Waals surface area contributed by atoms with Crippen LogP contribution in [-0.4, -0.2) is 49.1 Å². The van der Waals surface area contributed by atoms with Gasteiger partial charge in [-0.05, 0) is 83.7 Å². The molecular formula is C25H48N2. The maximum Gasteiger partial charge on any atom is 0.00387 e. The van der Waals surface area contributed by atoms with Crippen molar-refractivity contribution in [3.8, 4) is 0 Å². The summed E-state index contributed by atoms with van der Waals surface area (Å²) in [4.78, 5) is 5.24. The van der Waals surface area contributed by atoms with Gasteiger partial charge in [-0.15, -0.1) is 6.58 Å². The molecule has 0 bridgehead atoms. The van der Waals surface area contributed by atoms with Crippen LogP contribution in [0.5, 0.6) is 0 Å². The molecule has 0 aromatic rings. The summed E-state index contributed by atoms with van der Waals surface area (Å²) < 4.78 is 0. The van der Waals surface area contributed by atoms with Crippen LogP contribution in [0.25, 0.3) is 0 Å². The summed E-state index contributed by atoms with van der Waals surface area (Å²) in [6.45, 7) is 27.4.